The zero-order chi connectivity index (χ0) is 10.0. The maximum Gasteiger partial charge on any atom is 0.0693 e. The lowest BCUT2D eigenvalue weighted by Gasteiger charge is -2.18. The monoisotopic (exact) mass is 269 g/mol. The molecule has 1 aromatic heterocycles. The van der Waals surface area contributed by atoms with E-state index in [9.17, 15) is 5.26 Å². The minimum absolute atomic E-state index is 0.0621. The second-order valence-corrected chi connectivity index (χ2v) is 5.82. The van der Waals surface area contributed by atoms with Gasteiger partial charge < -0.3 is 0 Å². The zero-order valence-corrected chi connectivity index (χ0v) is 10.3. The predicted molar refractivity (Wildman–Crippen MR) is 62.2 cm³/mol. The quantitative estimate of drug-likeness (QED) is 0.792. The first-order valence-electron chi connectivity index (χ1n) is 4.89. The molecule has 1 nitrogen and oxygen atoms in total. The van der Waals surface area contributed by atoms with Crippen molar-refractivity contribution in [1.29, 1.82) is 5.26 Å². The third-order valence-corrected chi connectivity index (χ3v) is 4.91. The van der Waals surface area contributed by atoms with Crippen molar-refractivity contribution in [3.8, 4) is 6.07 Å². The summed E-state index contributed by atoms with van der Waals surface area (Å²) in [5, 5.41) is 11.3. The maximum absolute atomic E-state index is 9.25. The number of thiophene rings is 1. The Morgan fingerprint density at radius 2 is 2.21 bits per heavy atom. The summed E-state index contributed by atoms with van der Waals surface area (Å²) in [6.45, 7) is 0. The third kappa shape index (κ3) is 1.87. The molecule has 0 aliphatic heterocycles. The topological polar surface area (TPSA) is 23.8 Å². The first-order valence-corrected chi connectivity index (χ1v) is 6.56. The van der Waals surface area contributed by atoms with Gasteiger partial charge in [-0.15, -0.1) is 11.3 Å². The van der Waals surface area contributed by atoms with Gasteiger partial charge in [0.1, 0.15) is 0 Å². The Morgan fingerprint density at radius 1 is 1.50 bits per heavy atom. The molecule has 0 N–H and O–H groups in total. The molecule has 0 amide bonds. The van der Waals surface area contributed by atoms with Crippen LogP contribution in [0.3, 0.4) is 0 Å². The van der Waals surface area contributed by atoms with Crippen molar-refractivity contribution < 1.29 is 0 Å². The van der Waals surface area contributed by atoms with E-state index in [1.807, 2.05) is 0 Å². The van der Waals surface area contributed by atoms with E-state index in [1.54, 1.807) is 11.3 Å². The SMILES string of the molecule is N#CC1(Cc2sccc2Br)CCCC1. The van der Waals surface area contributed by atoms with Crippen molar-refractivity contribution in [1.82, 2.24) is 0 Å². The van der Waals surface area contributed by atoms with Crippen LogP contribution in [0.25, 0.3) is 0 Å². The second kappa shape index (κ2) is 4.04. The Bertz CT molecular complexity index is 358. The average Bonchev–Trinajstić information content (AvgIpc) is 2.79. The van der Waals surface area contributed by atoms with Crippen LogP contribution in [0.15, 0.2) is 15.9 Å². The number of hydrogen-bond acceptors (Lipinski definition) is 2. The number of nitrogens with zero attached hydrogens (tertiary/aromatic N) is 1. The Balaban J connectivity index is 2.17. The third-order valence-electron chi connectivity index (χ3n) is 2.99. The van der Waals surface area contributed by atoms with E-state index in [4.69, 9.17) is 0 Å². The average molecular weight is 270 g/mol. The molecule has 0 unspecified atom stereocenters. The van der Waals surface area contributed by atoms with Crippen LogP contribution in [0.4, 0.5) is 0 Å². The van der Waals surface area contributed by atoms with E-state index >= 15 is 0 Å². The zero-order valence-electron chi connectivity index (χ0n) is 7.92. The number of halogens is 1. The van der Waals surface area contributed by atoms with Gasteiger partial charge in [-0.05, 0) is 40.2 Å². The summed E-state index contributed by atoms with van der Waals surface area (Å²) in [5.41, 5.74) is -0.0621. The van der Waals surface area contributed by atoms with Gasteiger partial charge in [0.15, 0.2) is 0 Å². The predicted octanol–water partition coefficient (Wildman–Crippen LogP) is 4.14. The van der Waals surface area contributed by atoms with E-state index in [0.29, 0.717) is 0 Å². The van der Waals surface area contributed by atoms with Crippen molar-refractivity contribution >= 4 is 27.3 Å². The van der Waals surface area contributed by atoms with Gasteiger partial charge in [-0.2, -0.15) is 5.26 Å². The van der Waals surface area contributed by atoms with Gasteiger partial charge in [0, 0.05) is 15.8 Å². The Morgan fingerprint density at radius 3 is 2.71 bits per heavy atom. The lowest BCUT2D eigenvalue weighted by atomic mass is 9.84. The molecule has 0 bridgehead atoms. The molecule has 1 aliphatic carbocycles. The van der Waals surface area contributed by atoms with Gasteiger partial charge in [-0.25, -0.2) is 0 Å². The smallest absolute Gasteiger partial charge is 0.0693 e. The van der Waals surface area contributed by atoms with Gasteiger partial charge in [0.2, 0.25) is 0 Å². The van der Waals surface area contributed by atoms with Crippen LogP contribution in [-0.2, 0) is 6.42 Å². The highest BCUT2D eigenvalue weighted by Crippen LogP contribution is 2.42. The normalized spacial score (nSPS) is 19.4. The van der Waals surface area contributed by atoms with Crippen molar-refractivity contribution in [2.75, 3.05) is 0 Å². The summed E-state index contributed by atoms with van der Waals surface area (Å²) < 4.78 is 1.17. The van der Waals surface area contributed by atoms with Crippen molar-refractivity contribution in [3.05, 3.63) is 20.8 Å². The highest BCUT2D eigenvalue weighted by Gasteiger charge is 2.34. The minimum Gasteiger partial charge on any atom is -0.198 e. The van der Waals surface area contributed by atoms with Gasteiger partial charge in [-0.3, -0.25) is 0 Å². The highest BCUT2D eigenvalue weighted by molar-refractivity contribution is 9.10. The van der Waals surface area contributed by atoms with Crippen LogP contribution >= 0.6 is 27.3 Å². The van der Waals surface area contributed by atoms with E-state index < -0.39 is 0 Å². The van der Waals surface area contributed by atoms with E-state index in [-0.39, 0.29) is 5.41 Å². The van der Waals surface area contributed by atoms with Crippen LogP contribution in [-0.4, -0.2) is 0 Å². The molecule has 1 heterocycles. The second-order valence-electron chi connectivity index (χ2n) is 3.97. The van der Waals surface area contributed by atoms with Crippen LogP contribution < -0.4 is 0 Å². The molecule has 3 heteroatoms. The van der Waals surface area contributed by atoms with Crippen LogP contribution in [0.2, 0.25) is 0 Å². The summed E-state index contributed by atoms with van der Waals surface area (Å²) in [7, 11) is 0. The Labute approximate surface area is 96.9 Å². The molecule has 2 rings (SSSR count). The van der Waals surface area contributed by atoms with Crippen molar-refractivity contribution in [3.63, 3.8) is 0 Å². The molecule has 74 valence electrons. The molecule has 0 atom stereocenters. The Hall–Kier alpha value is -0.330. The van der Waals surface area contributed by atoms with Gasteiger partial charge >= 0.3 is 0 Å². The molecule has 1 aliphatic rings. The molecule has 0 aromatic carbocycles. The fourth-order valence-corrected chi connectivity index (χ4v) is 3.77. The number of nitriles is 1. The van der Waals surface area contributed by atoms with Crippen LogP contribution in [0.1, 0.15) is 30.6 Å². The van der Waals surface area contributed by atoms with Crippen LogP contribution in [0.5, 0.6) is 0 Å². The van der Waals surface area contributed by atoms with Gasteiger partial charge in [0.25, 0.3) is 0 Å². The summed E-state index contributed by atoms with van der Waals surface area (Å²) in [5.74, 6) is 0. The molecule has 0 saturated heterocycles. The van der Waals surface area contributed by atoms with E-state index in [0.717, 1.165) is 19.3 Å². The van der Waals surface area contributed by atoms with E-state index in [2.05, 4.69) is 33.4 Å². The number of hydrogen-bond donors (Lipinski definition) is 0. The fourth-order valence-electron chi connectivity index (χ4n) is 2.14. The first kappa shape index (κ1) is 10.2. The van der Waals surface area contributed by atoms with Crippen molar-refractivity contribution in [2.45, 2.75) is 32.1 Å². The highest BCUT2D eigenvalue weighted by atomic mass is 79.9. The molecule has 0 radical (unpaired) electrons. The molecule has 14 heavy (non-hydrogen) atoms. The minimum atomic E-state index is -0.0621. The summed E-state index contributed by atoms with van der Waals surface area (Å²) >= 11 is 5.28. The largest absolute Gasteiger partial charge is 0.198 e. The Kier molecular flexibility index (Phi) is 2.94. The lowest BCUT2D eigenvalue weighted by Crippen LogP contribution is -2.16. The van der Waals surface area contributed by atoms with Gasteiger partial charge in [0.05, 0.1) is 11.5 Å². The maximum atomic E-state index is 9.25. The standard InChI is InChI=1S/C11H12BrNS/c12-9-3-6-14-10(9)7-11(8-13)4-1-2-5-11/h3,6H,1-2,4-5,7H2. The molecular formula is C11H12BrNS. The van der Waals surface area contributed by atoms with Crippen molar-refractivity contribution in [2.24, 2.45) is 5.41 Å². The summed E-state index contributed by atoms with van der Waals surface area (Å²) in [4.78, 5) is 1.33. The molecule has 1 aromatic rings. The summed E-state index contributed by atoms with van der Waals surface area (Å²) in [6, 6.07) is 4.60. The number of rotatable bonds is 2. The molecule has 0 spiro atoms. The first-order chi connectivity index (χ1) is 6.76. The lowest BCUT2D eigenvalue weighted by molar-refractivity contribution is 0.410. The molecular weight excluding hydrogens is 258 g/mol. The fraction of sp³-hybridized carbons (Fsp3) is 0.545. The van der Waals surface area contributed by atoms with Gasteiger partial charge in [-0.1, -0.05) is 12.8 Å². The summed E-state index contributed by atoms with van der Waals surface area (Å²) in [6.07, 6.45) is 5.52. The van der Waals surface area contributed by atoms with Crippen LogP contribution in [0, 0.1) is 16.7 Å². The van der Waals surface area contributed by atoms with E-state index in [1.165, 1.54) is 22.2 Å². The molecule has 1 fully saturated rings. The molecule has 1 saturated carbocycles.